The molecule has 3 aromatic rings. The highest BCUT2D eigenvalue weighted by Gasteiger charge is 2.08. The first-order valence-electron chi connectivity index (χ1n) is 7.39. The first-order chi connectivity index (χ1) is 10.3. The van der Waals surface area contributed by atoms with Crippen LogP contribution in [0.25, 0.3) is 10.9 Å². The molecule has 0 saturated carbocycles. The molecule has 1 heterocycles. The van der Waals surface area contributed by atoms with Gasteiger partial charge in [0.25, 0.3) is 0 Å². The van der Waals surface area contributed by atoms with Crippen molar-refractivity contribution in [3.63, 3.8) is 0 Å². The van der Waals surface area contributed by atoms with E-state index >= 15 is 0 Å². The van der Waals surface area contributed by atoms with Crippen LogP contribution >= 0.6 is 0 Å². The van der Waals surface area contributed by atoms with Crippen molar-refractivity contribution in [2.75, 3.05) is 0 Å². The van der Waals surface area contributed by atoms with E-state index in [9.17, 15) is 5.11 Å². The van der Waals surface area contributed by atoms with E-state index < -0.39 is 6.10 Å². The second kappa shape index (κ2) is 6.51. The van der Waals surface area contributed by atoms with Crippen LogP contribution in [0.2, 0.25) is 0 Å². The van der Waals surface area contributed by atoms with Crippen LogP contribution in [0.1, 0.15) is 30.1 Å². The van der Waals surface area contributed by atoms with Crippen molar-refractivity contribution >= 4 is 10.9 Å². The van der Waals surface area contributed by atoms with Gasteiger partial charge in [-0.2, -0.15) is 0 Å². The molecule has 0 saturated heterocycles. The van der Waals surface area contributed by atoms with Gasteiger partial charge in [-0.15, -0.1) is 0 Å². The predicted molar refractivity (Wildman–Crippen MR) is 86.1 cm³/mol. The predicted octanol–water partition coefficient (Wildman–Crippen LogP) is 4.29. The molecule has 0 amide bonds. The van der Waals surface area contributed by atoms with E-state index in [2.05, 4.69) is 29.2 Å². The average Bonchev–Trinajstić information content (AvgIpc) is 2.55. The van der Waals surface area contributed by atoms with Gasteiger partial charge in [-0.05, 0) is 48.6 Å². The van der Waals surface area contributed by atoms with Crippen LogP contribution in [0.5, 0.6) is 0 Å². The fourth-order valence-corrected chi connectivity index (χ4v) is 2.61. The summed E-state index contributed by atoms with van der Waals surface area (Å²) in [5.74, 6) is 0. The molecular weight excluding hydrogens is 258 g/mol. The number of aliphatic hydroxyl groups excluding tert-OH is 1. The monoisotopic (exact) mass is 277 g/mol. The van der Waals surface area contributed by atoms with E-state index in [4.69, 9.17) is 0 Å². The summed E-state index contributed by atoms with van der Waals surface area (Å²) in [7, 11) is 0. The molecule has 1 aromatic heterocycles. The number of aliphatic hydroxyl groups is 1. The zero-order valence-corrected chi connectivity index (χ0v) is 11.9. The van der Waals surface area contributed by atoms with Gasteiger partial charge in [-0.25, -0.2) is 0 Å². The van der Waals surface area contributed by atoms with Crippen LogP contribution in [0.3, 0.4) is 0 Å². The van der Waals surface area contributed by atoms with Crippen LogP contribution in [0.15, 0.2) is 66.9 Å². The van der Waals surface area contributed by atoms with Crippen LogP contribution in [0.4, 0.5) is 0 Å². The molecule has 106 valence electrons. The lowest BCUT2D eigenvalue weighted by molar-refractivity contribution is 0.165. The Hall–Kier alpha value is -2.19. The van der Waals surface area contributed by atoms with Crippen LogP contribution in [0, 0.1) is 0 Å². The molecule has 2 heteroatoms. The van der Waals surface area contributed by atoms with Crippen LogP contribution in [-0.4, -0.2) is 10.1 Å². The summed E-state index contributed by atoms with van der Waals surface area (Å²) in [6, 6.07) is 20.4. The summed E-state index contributed by atoms with van der Waals surface area (Å²) in [6.45, 7) is 0. The van der Waals surface area contributed by atoms with Gasteiger partial charge in [0.2, 0.25) is 0 Å². The van der Waals surface area contributed by atoms with Gasteiger partial charge in [0, 0.05) is 11.6 Å². The Morgan fingerprint density at radius 2 is 1.81 bits per heavy atom. The first kappa shape index (κ1) is 13.8. The molecule has 0 spiro atoms. The van der Waals surface area contributed by atoms with Crippen molar-refractivity contribution in [1.29, 1.82) is 0 Å². The Labute approximate surface area is 125 Å². The number of benzene rings is 2. The second-order valence-corrected chi connectivity index (χ2v) is 5.35. The molecule has 1 atom stereocenters. The van der Waals surface area contributed by atoms with Crippen LogP contribution < -0.4 is 0 Å². The fourth-order valence-electron chi connectivity index (χ4n) is 2.61. The number of aryl methyl sites for hydroxylation is 1. The number of nitrogens with zero attached hydrogens (tertiary/aromatic N) is 1. The number of hydrogen-bond acceptors (Lipinski definition) is 2. The average molecular weight is 277 g/mol. The number of fused-ring (bicyclic) bond motifs is 1. The molecular formula is C19H19NO. The number of hydrogen-bond donors (Lipinski definition) is 1. The molecule has 0 aliphatic heterocycles. The SMILES string of the molecule is OC(CCCc1ccccc1)c1ccc2ncccc2c1. The molecule has 0 fully saturated rings. The molecule has 3 rings (SSSR count). The van der Waals surface area contributed by atoms with Gasteiger partial charge in [0.1, 0.15) is 0 Å². The van der Waals surface area contributed by atoms with Crippen molar-refractivity contribution in [2.45, 2.75) is 25.4 Å². The lowest BCUT2D eigenvalue weighted by Gasteiger charge is -2.11. The number of pyridine rings is 1. The van der Waals surface area contributed by atoms with Crippen LogP contribution in [-0.2, 0) is 6.42 Å². The first-order valence-corrected chi connectivity index (χ1v) is 7.39. The number of aromatic nitrogens is 1. The maximum Gasteiger partial charge on any atom is 0.0790 e. The van der Waals surface area contributed by atoms with E-state index in [1.165, 1.54) is 5.56 Å². The molecule has 2 aromatic carbocycles. The largest absolute Gasteiger partial charge is 0.388 e. The minimum absolute atomic E-state index is 0.404. The van der Waals surface area contributed by atoms with E-state index in [-0.39, 0.29) is 0 Å². The summed E-state index contributed by atoms with van der Waals surface area (Å²) in [5.41, 5.74) is 3.27. The molecule has 1 unspecified atom stereocenters. The lowest BCUT2D eigenvalue weighted by Crippen LogP contribution is -1.98. The quantitative estimate of drug-likeness (QED) is 0.754. The standard InChI is InChI=1S/C19H19NO/c21-19(10-4-8-15-6-2-1-3-7-15)17-11-12-18-16(14-17)9-5-13-20-18/h1-3,5-7,9,11-14,19,21H,4,8,10H2. The molecule has 21 heavy (non-hydrogen) atoms. The van der Waals surface area contributed by atoms with Gasteiger partial charge in [-0.3, -0.25) is 4.98 Å². The topological polar surface area (TPSA) is 33.1 Å². The second-order valence-electron chi connectivity index (χ2n) is 5.35. The molecule has 1 N–H and O–H groups in total. The van der Waals surface area contributed by atoms with E-state index in [1.807, 2.05) is 36.4 Å². The third-order valence-electron chi connectivity index (χ3n) is 3.80. The van der Waals surface area contributed by atoms with Gasteiger partial charge in [0.15, 0.2) is 0 Å². The van der Waals surface area contributed by atoms with Gasteiger partial charge in [-0.1, -0.05) is 42.5 Å². The summed E-state index contributed by atoms with van der Waals surface area (Å²) in [4.78, 5) is 4.30. The molecule has 0 radical (unpaired) electrons. The molecule has 2 nitrogen and oxygen atoms in total. The van der Waals surface area contributed by atoms with Gasteiger partial charge in [0.05, 0.1) is 11.6 Å². The van der Waals surface area contributed by atoms with Crippen molar-refractivity contribution in [1.82, 2.24) is 4.98 Å². The smallest absolute Gasteiger partial charge is 0.0790 e. The van der Waals surface area contributed by atoms with Gasteiger partial charge < -0.3 is 5.11 Å². The normalized spacial score (nSPS) is 12.4. The van der Waals surface area contributed by atoms with E-state index in [0.717, 1.165) is 35.7 Å². The highest BCUT2D eigenvalue weighted by molar-refractivity contribution is 5.78. The summed E-state index contributed by atoms with van der Waals surface area (Å²) in [5, 5.41) is 11.4. The summed E-state index contributed by atoms with van der Waals surface area (Å²) in [6.07, 6.45) is 4.15. The molecule has 0 aliphatic carbocycles. The number of rotatable bonds is 5. The van der Waals surface area contributed by atoms with Crippen molar-refractivity contribution < 1.29 is 5.11 Å². The highest BCUT2D eigenvalue weighted by atomic mass is 16.3. The Kier molecular flexibility index (Phi) is 4.27. The summed E-state index contributed by atoms with van der Waals surface area (Å²) >= 11 is 0. The summed E-state index contributed by atoms with van der Waals surface area (Å²) < 4.78 is 0. The van der Waals surface area contributed by atoms with E-state index in [1.54, 1.807) is 6.20 Å². The Morgan fingerprint density at radius 1 is 0.952 bits per heavy atom. The Balaban J connectivity index is 1.62. The fraction of sp³-hybridized carbons (Fsp3) is 0.211. The zero-order valence-electron chi connectivity index (χ0n) is 11.9. The minimum atomic E-state index is -0.404. The van der Waals surface area contributed by atoms with E-state index in [0.29, 0.717) is 0 Å². The zero-order chi connectivity index (χ0) is 14.5. The maximum atomic E-state index is 10.3. The van der Waals surface area contributed by atoms with Crippen molar-refractivity contribution in [2.24, 2.45) is 0 Å². The third-order valence-corrected chi connectivity index (χ3v) is 3.80. The third kappa shape index (κ3) is 3.47. The Morgan fingerprint density at radius 3 is 2.67 bits per heavy atom. The Bertz CT molecular complexity index is 709. The molecule has 0 bridgehead atoms. The maximum absolute atomic E-state index is 10.3. The van der Waals surface area contributed by atoms with Gasteiger partial charge >= 0.3 is 0 Å². The molecule has 0 aliphatic rings. The van der Waals surface area contributed by atoms with Crippen molar-refractivity contribution in [3.05, 3.63) is 78.0 Å². The minimum Gasteiger partial charge on any atom is -0.388 e. The highest BCUT2D eigenvalue weighted by Crippen LogP contribution is 2.23. The van der Waals surface area contributed by atoms with Crippen molar-refractivity contribution in [3.8, 4) is 0 Å². The lowest BCUT2D eigenvalue weighted by atomic mass is 10.00.